The van der Waals surface area contributed by atoms with E-state index in [1.165, 1.54) is 12.8 Å². The molecular weight excluding hydrogens is 302 g/mol. The van der Waals surface area contributed by atoms with Crippen molar-refractivity contribution in [1.29, 1.82) is 0 Å². The summed E-state index contributed by atoms with van der Waals surface area (Å²) in [7, 11) is 0. The van der Waals surface area contributed by atoms with Crippen molar-refractivity contribution in [1.82, 2.24) is 0 Å². The van der Waals surface area contributed by atoms with E-state index in [1.807, 2.05) is 0 Å². The molecule has 6 heteroatoms. The quantitative estimate of drug-likeness (QED) is 0.301. The van der Waals surface area contributed by atoms with Crippen LogP contribution in [0.5, 0.6) is 0 Å². The number of carboxylic acids is 1. The first-order valence-electron chi connectivity index (χ1n) is 6.39. The van der Waals surface area contributed by atoms with Gasteiger partial charge in [-0.05, 0) is 50.4 Å². The molecule has 0 aliphatic heterocycles. The molecule has 0 radical (unpaired) electrons. The predicted octanol–water partition coefficient (Wildman–Crippen LogP) is -2.70. The number of hydrogen-bond acceptors (Lipinski definition) is 4. The van der Waals surface area contributed by atoms with Crippen molar-refractivity contribution in [3.8, 4) is 35.5 Å². The minimum atomic E-state index is -0.920. The van der Waals surface area contributed by atoms with Crippen LogP contribution in [0.1, 0.15) is 66.4 Å². The van der Waals surface area contributed by atoms with Gasteiger partial charge < -0.3 is 11.3 Å². The standard InChI is InChI=1S/C8H16O2.C8H6.2Na.O2.4H2.H/c1-2-3-4-5-6-7-8(9)10;1-3-5-7-8-6-4-2;;;1-2;;;;;/h2-7H2,1H3,(H,9,10);1-2H3;;;;4*1H;/q;;2*+1;;;;;;-1/p-1. The van der Waals surface area contributed by atoms with Crippen molar-refractivity contribution < 1.29 is 76.1 Å². The Morgan fingerprint density at radius 2 is 1.32 bits per heavy atom. The molecule has 0 bridgehead atoms. The van der Waals surface area contributed by atoms with Crippen LogP contribution in [-0.4, -0.2) is 5.97 Å². The molecule has 0 aliphatic carbocycles. The molecule has 0 saturated heterocycles. The Kier molecular flexibility index (Phi) is 56.4. The van der Waals surface area contributed by atoms with Crippen molar-refractivity contribution in [3.63, 3.8) is 0 Å². The average Bonchev–Trinajstić information content (AvgIpc) is 2.46. The van der Waals surface area contributed by atoms with E-state index in [0.717, 1.165) is 19.3 Å². The van der Waals surface area contributed by atoms with E-state index in [9.17, 15) is 9.90 Å². The Labute approximate surface area is 185 Å². The van der Waals surface area contributed by atoms with Crippen molar-refractivity contribution in [3.05, 3.63) is 9.93 Å². The monoisotopic (exact) mass is 332 g/mol. The van der Waals surface area contributed by atoms with E-state index in [-0.39, 0.29) is 72.7 Å². The largest absolute Gasteiger partial charge is 1.00 e. The zero-order valence-corrected chi connectivity index (χ0v) is 18.4. The van der Waals surface area contributed by atoms with E-state index in [2.05, 4.69) is 42.4 Å². The predicted molar refractivity (Wildman–Crippen MR) is 89.4 cm³/mol. The zero-order valence-electron chi connectivity index (χ0n) is 15.4. The molecule has 0 aromatic rings. The van der Waals surface area contributed by atoms with Crippen LogP contribution < -0.4 is 64.2 Å². The second-order valence-electron chi connectivity index (χ2n) is 3.54. The van der Waals surface area contributed by atoms with E-state index in [1.54, 1.807) is 13.8 Å². The molecule has 0 heterocycles. The van der Waals surface area contributed by atoms with Gasteiger partial charge in [0.1, 0.15) is 0 Å². The van der Waals surface area contributed by atoms with Gasteiger partial charge in [0.15, 0.2) is 0 Å². The van der Waals surface area contributed by atoms with Gasteiger partial charge in [-0.15, -0.1) is 0 Å². The van der Waals surface area contributed by atoms with Crippen LogP contribution in [0.3, 0.4) is 0 Å². The fourth-order valence-corrected chi connectivity index (χ4v) is 1.06. The molecule has 0 atom stereocenters. The summed E-state index contributed by atoms with van der Waals surface area (Å²) in [5.41, 5.74) is 0. The van der Waals surface area contributed by atoms with Gasteiger partial charge >= 0.3 is 59.1 Å². The van der Waals surface area contributed by atoms with Crippen LogP contribution in [0.25, 0.3) is 0 Å². The van der Waals surface area contributed by atoms with Crippen LogP contribution in [-0.2, 0) is 4.79 Å². The van der Waals surface area contributed by atoms with Gasteiger partial charge in [0.25, 0.3) is 0 Å². The first-order chi connectivity index (χ1) is 9.68. The minimum absolute atomic E-state index is 0. The maximum Gasteiger partial charge on any atom is 1.00 e. The van der Waals surface area contributed by atoms with E-state index in [4.69, 9.17) is 9.93 Å². The summed E-state index contributed by atoms with van der Waals surface area (Å²) in [4.78, 5) is 23.9. The third kappa shape index (κ3) is 50.3. The molecule has 0 amide bonds. The Hall–Kier alpha value is -0.250. The molecule has 0 aromatic carbocycles. The fourth-order valence-electron chi connectivity index (χ4n) is 1.06. The number of unbranched alkanes of at least 4 members (excludes halogenated alkanes) is 4. The van der Waals surface area contributed by atoms with Gasteiger partial charge in [-0.2, -0.15) is 0 Å². The molecule has 22 heavy (non-hydrogen) atoms. The third-order valence-electron chi connectivity index (χ3n) is 1.92. The van der Waals surface area contributed by atoms with Crippen molar-refractivity contribution >= 4 is 5.97 Å². The first-order valence-corrected chi connectivity index (χ1v) is 6.39. The molecular formula is C16H30Na2O4. The molecule has 0 unspecified atom stereocenters. The molecule has 0 N–H and O–H groups in total. The van der Waals surface area contributed by atoms with Crippen molar-refractivity contribution in [2.45, 2.75) is 59.3 Å². The Morgan fingerprint density at radius 1 is 0.909 bits per heavy atom. The molecule has 0 aliphatic rings. The zero-order chi connectivity index (χ0) is 16.1. The summed E-state index contributed by atoms with van der Waals surface area (Å²) in [6.07, 6.45) is 5.61. The Bertz CT molecular complexity index is 398. The normalized spacial score (nSPS) is 5.95. The number of carboxylic acid groups (broad SMARTS) is 1. The maximum absolute atomic E-state index is 9.92. The summed E-state index contributed by atoms with van der Waals surface area (Å²) in [6.45, 7) is 5.63. The smallest absolute Gasteiger partial charge is 1.00 e. The number of carbonyl (C=O) groups excluding carboxylic acids is 1. The van der Waals surface area contributed by atoms with Gasteiger partial charge in [-0.1, -0.05) is 44.4 Å². The van der Waals surface area contributed by atoms with Gasteiger partial charge in [-0.25, -0.2) is 0 Å². The fraction of sp³-hybridized carbons (Fsp3) is 0.562. The van der Waals surface area contributed by atoms with Crippen LogP contribution in [0.15, 0.2) is 0 Å². The van der Waals surface area contributed by atoms with E-state index < -0.39 is 5.97 Å². The number of rotatable bonds is 6. The molecule has 0 fully saturated rings. The second-order valence-corrected chi connectivity index (χ2v) is 3.54. The topological polar surface area (TPSA) is 74.3 Å². The molecule has 4 nitrogen and oxygen atoms in total. The summed E-state index contributed by atoms with van der Waals surface area (Å²) in [5, 5.41) is 9.92. The molecule has 0 saturated carbocycles. The summed E-state index contributed by atoms with van der Waals surface area (Å²) in [6, 6.07) is 0. The summed E-state index contributed by atoms with van der Waals surface area (Å²) in [5.74, 6) is 14.6. The Balaban J connectivity index is -0.0000000199. The molecule has 0 spiro atoms. The van der Waals surface area contributed by atoms with Gasteiger partial charge in [0.05, 0.1) is 0 Å². The van der Waals surface area contributed by atoms with Gasteiger partial charge in [-0.3, -0.25) is 0 Å². The second kappa shape index (κ2) is 37.2. The first kappa shape index (κ1) is 33.4. The Morgan fingerprint density at radius 3 is 1.64 bits per heavy atom. The minimum Gasteiger partial charge on any atom is -1.00 e. The van der Waals surface area contributed by atoms with E-state index >= 15 is 0 Å². The summed E-state index contributed by atoms with van der Waals surface area (Å²) >= 11 is 0. The van der Waals surface area contributed by atoms with Crippen LogP contribution in [0.2, 0.25) is 0 Å². The molecule has 0 aromatic heterocycles. The van der Waals surface area contributed by atoms with Crippen LogP contribution >= 0.6 is 0 Å². The summed E-state index contributed by atoms with van der Waals surface area (Å²) < 4.78 is 0. The molecule has 0 rings (SSSR count). The third-order valence-corrected chi connectivity index (χ3v) is 1.92. The average molecular weight is 332 g/mol. The number of hydrogen-bond donors (Lipinski definition) is 0. The van der Waals surface area contributed by atoms with Gasteiger partial charge in [0.2, 0.25) is 0 Å². The van der Waals surface area contributed by atoms with Crippen molar-refractivity contribution in [2.75, 3.05) is 0 Å². The van der Waals surface area contributed by atoms with Crippen LogP contribution in [0.4, 0.5) is 0 Å². The van der Waals surface area contributed by atoms with Crippen LogP contribution in [0, 0.1) is 45.5 Å². The molecule has 120 valence electrons. The number of aliphatic carboxylic acids is 1. The van der Waals surface area contributed by atoms with Gasteiger partial charge in [0, 0.05) is 21.6 Å². The van der Waals surface area contributed by atoms with E-state index in [0.29, 0.717) is 0 Å². The maximum atomic E-state index is 9.92. The SMILES string of the molecule is CC#CC#CC#CC.CCCCCCCC(=O)[O-].O=O.[H-].[HH].[HH].[HH].[HH].[Na+].[Na+]. The number of carbonyl (C=O) groups is 1. The van der Waals surface area contributed by atoms with Crippen molar-refractivity contribution in [2.24, 2.45) is 0 Å².